The van der Waals surface area contributed by atoms with Crippen molar-refractivity contribution in [1.29, 1.82) is 0 Å². The summed E-state index contributed by atoms with van der Waals surface area (Å²) in [5.74, 6) is -1.59. The molecule has 110 valence electrons. The van der Waals surface area contributed by atoms with Crippen LogP contribution in [0.4, 0.5) is 0 Å². The molecule has 0 saturated carbocycles. The van der Waals surface area contributed by atoms with Gasteiger partial charge in [0.05, 0.1) is 11.6 Å². The minimum atomic E-state index is -0.857. The highest BCUT2D eigenvalue weighted by Crippen LogP contribution is 2.28. The Kier molecular flexibility index (Phi) is 3.42. The number of carbonyl (C=O) groups excluding carboxylic acids is 1. The number of hydrogen-bond acceptors (Lipinski definition) is 6. The number of likely N-dealkylation sites (tertiary alicyclic amines) is 1. The number of carboxylic acid groups (broad SMARTS) is 1. The quantitative estimate of drug-likeness (QED) is 0.887. The van der Waals surface area contributed by atoms with Gasteiger partial charge in [-0.15, -0.1) is 16.4 Å². The number of amides is 1. The normalized spacial score (nSPS) is 21.7. The van der Waals surface area contributed by atoms with Crippen LogP contribution in [0.1, 0.15) is 16.6 Å². The topological polar surface area (TPSA) is 101 Å². The lowest BCUT2D eigenvalue weighted by atomic mass is 9.99. The molecule has 0 bridgehead atoms. The molecule has 8 nitrogen and oxygen atoms in total. The van der Waals surface area contributed by atoms with E-state index in [4.69, 9.17) is 5.11 Å². The van der Waals surface area contributed by atoms with E-state index in [1.165, 1.54) is 22.3 Å². The molecule has 2 atom stereocenters. The standard InChI is InChI=1S/C12H13N5O3S/c1-7-4-16(5-8(7)12(19)20)11(18)10-9(2-3-21-10)17-6-13-14-15-17/h2-3,6-8H,4-5H2,1H3,(H,19,20). The second kappa shape index (κ2) is 5.24. The van der Waals surface area contributed by atoms with Crippen molar-refractivity contribution in [3.63, 3.8) is 0 Å². The summed E-state index contributed by atoms with van der Waals surface area (Å²) in [6.07, 6.45) is 1.42. The fourth-order valence-corrected chi connectivity index (χ4v) is 3.36. The van der Waals surface area contributed by atoms with Gasteiger partial charge in [-0.1, -0.05) is 6.92 Å². The Balaban J connectivity index is 1.84. The van der Waals surface area contributed by atoms with Crippen LogP contribution in [-0.4, -0.2) is 55.2 Å². The van der Waals surface area contributed by atoms with Gasteiger partial charge in [-0.3, -0.25) is 9.59 Å². The molecule has 0 aliphatic carbocycles. The van der Waals surface area contributed by atoms with E-state index in [0.717, 1.165) is 0 Å². The van der Waals surface area contributed by atoms with Crippen molar-refractivity contribution in [3.8, 4) is 5.69 Å². The molecule has 1 amide bonds. The van der Waals surface area contributed by atoms with E-state index in [9.17, 15) is 9.59 Å². The molecule has 3 heterocycles. The number of aliphatic carboxylic acids is 1. The van der Waals surface area contributed by atoms with Gasteiger partial charge in [-0.05, 0) is 27.8 Å². The van der Waals surface area contributed by atoms with Crippen molar-refractivity contribution < 1.29 is 14.7 Å². The first kappa shape index (κ1) is 13.7. The maximum absolute atomic E-state index is 12.6. The monoisotopic (exact) mass is 307 g/mol. The van der Waals surface area contributed by atoms with E-state index < -0.39 is 11.9 Å². The summed E-state index contributed by atoms with van der Waals surface area (Å²) in [6.45, 7) is 2.54. The Labute approximate surface area is 124 Å². The molecule has 0 radical (unpaired) electrons. The summed E-state index contributed by atoms with van der Waals surface area (Å²) >= 11 is 1.30. The van der Waals surface area contributed by atoms with Crippen LogP contribution < -0.4 is 0 Å². The highest BCUT2D eigenvalue weighted by atomic mass is 32.1. The maximum atomic E-state index is 12.6. The third-order valence-electron chi connectivity index (χ3n) is 3.65. The van der Waals surface area contributed by atoms with Crippen LogP contribution >= 0.6 is 11.3 Å². The Morgan fingerprint density at radius 2 is 2.24 bits per heavy atom. The highest BCUT2D eigenvalue weighted by molar-refractivity contribution is 7.12. The van der Waals surface area contributed by atoms with Crippen molar-refractivity contribution in [3.05, 3.63) is 22.7 Å². The lowest BCUT2D eigenvalue weighted by molar-refractivity contribution is -0.142. The molecule has 1 aliphatic rings. The van der Waals surface area contributed by atoms with Crippen molar-refractivity contribution >= 4 is 23.2 Å². The van der Waals surface area contributed by atoms with Gasteiger partial charge >= 0.3 is 5.97 Å². The summed E-state index contributed by atoms with van der Waals surface area (Å²) in [7, 11) is 0. The number of tetrazole rings is 1. The van der Waals surface area contributed by atoms with Gasteiger partial charge in [0.1, 0.15) is 11.2 Å². The molecule has 0 spiro atoms. The molecule has 1 N–H and O–H groups in total. The van der Waals surface area contributed by atoms with Gasteiger partial charge in [0.15, 0.2) is 0 Å². The van der Waals surface area contributed by atoms with Crippen LogP contribution in [-0.2, 0) is 4.79 Å². The number of carboxylic acids is 1. The molecular weight excluding hydrogens is 294 g/mol. The number of rotatable bonds is 3. The van der Waals surface area contributed by atoms with E-state index in [0.29, 0.717) is 17.1 Å². The van der Waals surface area contributed by atoms with Crippen LogP contribution in [0.2, 0.25) is 0 Å². The zero-order valence-corrected chi connectivity index (χ0v) is 12.0. The Hall–Kier alpha value is -2.29. The summed E-state index contributed by atoms with van der Waals surface area (Å²) in [5.41, 5.74) is 0.612. The first-order valence-corrected chi connectivity index (χ1v) is 7.29. The van der Waals surface area contributed by atoms with Crippen molar-refractivity contribution in [1.82, 2.24) is 25.1 Å². The molecule has 0 aromatic carbocycles. The maximum Gasteiger partial charge on any atom is 0.308 e. The molecule has 2 aromatic heterocycles. The third kappa shape index (κ3) is 2.40. The van der Waals surface area contributed by atoms with Crippen LogP contribution in [0.25, 0.3) is 5.69 Å². The molecule has 3 rings (SSSR count). The molecule has 9 heteroatoms. The minimum absolute atomic E-state index is 0.0529. The Morgan fingerprint density at radius 3 is 2.86 bits per heavy atom. The number of hydrogen-bond donors (Lipinski definition) is 1. The fraction of sp³-hybridized carbons (Fsp3) is 0.417. The summed E-state index contributed by atoms with van der Waals surface area (Å²) in [5, 5.41) is 21.8. The van der Waals surface area contributed by atoms with Gasteiger partial charge in [-0.25, -0.2) is 0 Å². The van der Waals surface area contributed by atoms with Crippen molar-refractivity contribution in [2.24, 2.45) is 11.8 Å². The average molecular weight is 307 g/mol. The molecule has 1 fully saturated rings. The molecule has 21 heavy (non-hydrogen) atoms. The number of nitrogens with zero attached hydrogens (tertiary/aromatic N) is 5. The summed E-state index contributed by atoms with van der Waals surface area (Å²) < 4.78 is 1.43. The molecule has 1 aliphatic heterocycles. The summed E-state index contributed by atoms with van der Waals surface area (Å²) in [6, 6.07) is 1.77. The molecule has 2 unspecified atom stereocenters. The zero-order valence-electron chi connectivity index (χ0n) is 11.2. The predicted molar refractivity (Wildman–Crippen MR) is 73.2 cm³/mol. The van der Waals surface area contributed by atoms with Crippen LogP contribution in [0.5, 0.6) is 0 Å². The van der Waals surface area contributed by atoms with Crippen LogP contribution in [0.3, 0.4) is 0 Å². The number of aromatic nitrogens is 4. The fourth-order valence-electron chi connectivity index (χ4n) is 2.51. The Morgan fingerprint density at radius 1 is 1.43 bits per heavy atom. The van der Waals surface area contributed by atoms with E-state index in [1.807, 2.05) is 6.92 Å². The SMILES string of the molecule is CC1CN(C(=O)c2sccc2-n2cnnn2)CC1C(=O)O. The van der Waals surface area contributed by atoms with Gasteiger partial charge in [0.25, 0.3) is 5.91 Å². The van der Waals surface area contributed by atoms with E-state index >= 15 is 0 Å². The van der Waals surface area contributed by atoms with Gasteiger partial charge in [-0.2, -0.15) is 4.68 Å². The first-order valence-electron chi connectivity index (χ1n) is 6.41. The predicted octanol–water partition coefficient (Wildman–Crippen LogP) is 0.517. The third-order valence-corrected chi connectivity index (χ3v) is 4.54. The van der Waals surface area contributed by atoms with E-state index in [2.05, 4.69) is 15.5 Å². The Bertz CT molecular complexity index is 668. The zero-order chi connectivity index (χ0) is 15.0. The van der Waals surface area contributed by atoms with Crippen LogP contribution in [0, 0.1) is 11.8 Å². The lowest BCUT2D eigenvalue weighted by Crippen LogP contribution is -2.30. The van der Waals surface area contributed by atoms with E-state index in [1.54, 1.807) is 16.3 Å². The number of thiophene rings is 1. The first-order chi connectivity index (χ1) is 10.1. The van der Waals surface area contributed by atoms with E-state index in [-0.39, 0.29) is 18.4 Å². The second-order valence-corrected chi connectivity index (χ2v) is 5.94. The summed E-state index contributed by atoms with van der Waals surface area (Å²) in [4.78, 5) is 25.9. The van der Waals surface area contributed by atoms with Gasteiger partial charge < -0.3 is 10.0 Å². The molecule has 1 saturated heterocycles. The minimum Gasteiger partial charge on any atom is -0.481 e. The van der Waals surface area contributed by atoms with Gasteiger partial charge in [0.2, 0.25) is 0 Å². The smallest absolute Gasteiger partial charge is 0.308 e. The van der Waals surface area contributed by atoms with Crippen LogP contribution in [0.15, 0.2) is 17.8 Å². The molecular formula is C12H13N5O3S. The van der Waals surface area contributed by atoms with Gasteiger partial charge in [0, 0.05) is 13.1 Å². The highest BCUT2D eigenvalue weighted by Gasteiger charge is 2.38. The lowest BCUT2D eigenvalue weighted by Gasteiger charge is -2.15. The largest absolute Gasteiger partial charge is 0.481 e. The van der Waals surface area contributed by atoms with Crippen molar-refractivity contribution in [2.75, 3.05) is 13.1 Å². The van der Waals surface area contributed by atoms with Crippen molar-refractivity contribution in [2.45, 2.75) is 6.92 Å². The molecule has 2 aromatic rings. The number of carbonyl (C=O) groups is 2. The second-order valence-electron chi connectivity index (χ2n) is 5.02. The average Bonchev–Trinajstić information content (AvgIpc) is 3.17.